The van der Waals surface area contributed by atoms with E-state index in [1.807, 2.05) is 4.72 Å². The van der Waals surface area contributed by atoms with Crippen LogP contribution in [-0.4, -0.2) is 13.4 Å². The van der Waals surface area contributed by atoms with Crippen LogP contribution in [0.15, 0.2) is 35.4 Å². The van der Waals surface area contributed by atoms with Crippen molar-refractivity contribution in [1.82, 2.24) is 4.98 Å². The van der Waals surface area contributed by atoms with E-state index < -0.39 is 32.4 Å². The molecule has 0 bridgehead atoms. The predicted molar refractivity (Wildman–Crippen MR) is 66.4 cm³/mol. The molecule has 0 spiro atoms. The highest BCUT2D eigenvalue weighted by molar-refractivity contribution is 7.92. The highest BCUT2D eigenvalue weighted by atomic mass is 35.5. The van der Waals surface area contributed by atoms with Crippen LogP contribution in [0.25, 0.3) is 0 Å². The zero-order valence-electron chi connectivity index (χ0n) is 9.57. The summed E-state index contributed by atoms with van der Waals surface area (Å²) >= 11 is 5.63. The van der Waals surface area contributed by atoms with Gasteiger partial charge in [-0.05, 0) is 6.07 Å². The van der Waals surface area contributed by atoms with Crippen molar-refractivity contribution in [3.63, 3.8) is 0 Å². The molecule has 0 atom stereocenters. The second-order valence-electron chi connectivity index (χ2n) is 3.66. The summed E-state index contributed by atoms with van der Waals surface area (Å²) in [5.74, 6) is -4.53. The van der Waals surface area contributed by atoms with Crippen molar-refractivity contribution in [3.8, 4) is 0 Å². The van der Waals surface area contributed by atoms with Gasteiger partial charge in [-0.3, -0.25) is 4.72 Å². The SMILES string of the molecule is O=S(=O)(Nc1cc(Cl)ccn1)c1c(F)cc(F)cc1F. The molecule has 0 unspecified atom stereocenters. The van der Waals surface area contributed by atoms with Gasteiger partial charge in [0.2, 0.25) is 0 Å². The van der Waals surface area contributed by atoms with Crippen LogP contribution in [0.5, 0.6) is 0 Å². The lowest BCUT2D eigenvalue weighted by Crippen LogP contribution is -2.17. The zero-order valence-corrected chi connectivity index (χ0v) is 11.1. The molecule has 1 heterocycles. The normalized spacial score (nSPS) is 11.4. The minimum absolute atomic E-state index is 0.178. The third kappa shape index (κ3) is 3.02. The van der Waals surface area contributed by atoms with Crippen LogP contribution in [0.3, 0.4) is 0 Å². The van der Waals surface area contributed by atoms with Crippen LogP contribution in [0.4, 0.5) is 19.0 Å². The molecule has 4 nitrogen and oxygen atoms in total. The molecule has 2 aromatic rings. The van der Waals surface area contributed by atoms with Gasteiger partial charge in [0.05, 0.1) is 0 Å². The van der Waals surface area contributed by atoms with Gasteiger partial charge in [-0.25, -0.2) is 26.6 Å². The second kappa shape index (κ2) is 5.29. The minimum atomic E-state index is -4.60. The number of sulfonamides is 1. The first-order chi connectivity index (χ1) is 9.29. The van der Waals surface area contributed by atoms with E-state index in [4.69, 9.17) is 11.6 Å². The monoisotopic (exact) mass is 322 g/mol. The number of hydrogen-bond acceptors (Lipinski definition) is 3. The Morgan fingerprint density at radius 3 is 2.25 bits per heavy atom. The lowest BCUT2D eigenvalue weighted by Gasteiger charge is -2.09. The Labute approximate surface area is 117 Å². The molecule has 106 valence electrons. The summed E-state index contributed by atoms with van der Waals surface area (Å²) in [5.41, 5.74) is 0. The van der Waals surface area contributed by atoms with Crippen molar-refractivity contribution in [1.29, 1.82) is 0 Å². The average molecular weight is 323 g/mol. The lowest BCUT2D eigenvalue weighted by atomic mass is 10.3. The minimum Gasteiger partial charge on any atom is -0.263 e. The maximum absolute atomic E-state index is 13.4. The summed E-state index contributed by atoms with van der Waals surface area (Å²) in [4.78, 5) is 2.34. The molecule has 0 radical (unpaired) electrons. The van der Waals surface area contributed by atoms with E-state index in [0.717, 1.165) is 6.07 Å². The summed E-state index contributed by atoms with van der Waals surface area (Å²) in [7, 11) is -4.60. The number of halogens is 4. The number of nitrogens with zero attached hydrogens (tertiary/aromatic N) is 1. The van der Waals surface area contributed by atoms with Gasteiger partial charge in [0.1, 0.15) is 23.3 Å². The largest absolute Gasteiger partial charge is 0.268 e. The zero-order chi connectivity index (χ0) is 14.9. The van der Waals surface area contributed by atoms with Gasteiger partial charge in [-0.15, -0.1) is 0 Å². The molecule has 0 saturated heterocycles. The molecule has 9 heteroatoms. The van der Waals surface area contributed by atoms with E-state index in [9.17, 15) is 21.6 Å². The van der Waals surface area contributed by atoms with Crippen molar-refractivity contribution < 1.29 is 21.6 Å². The van der Waals surface area contributed by atoms with Crippen molar-refractivity contribution in [2.45, 2.75) is 4.90 Å². The van der Waals surface area contributed by atoms with Gasteiger partial charge in [0.15, 0.2) is 4.90 Å². The van der Waals surface area contributed by atoms with Gasteiger partial charge in [0.25, 0.3) is 10.0 Å². The van der Waals surface area contributed by atoms with Crippen molar-refractivity contribution in [3.05, 3.63) is 52.9 Å². The Morgan fingerprint density at radius 2 is 1.70 bits per heavy atom. The fraction of sp³-hybridized carbons (Fsp3) is 0. The summed E-state index contributed by atoms with van der Waals surface area (Å²) in [6.45, 7) is 0. The van der Waals surface area contributed by atoms with E-state index in [0.29, 0.717) is 0 Å². The van der Waals surface area contributed by atoms with E-state index in [1.165, 1.54) is 12.3 Å². The van der Waals surface area contributed by atoms with E-state index >= 15 is 0 Å². The Hall–Kier alpha value is -1.80. The van der Waals surface area contributed by atoms with Gasteiger partial charge in [-0.2, -0.15) is 0 Å². The molecule has 2 rings (SSSR count). The highest BCUT2D eigenvalue weighted by Crippen LogP contribution is 2.23. The van der Waals surface area contributed by atoms with Crippen molar-refractivity contribution >= 4 is 27.4 Å². The molecule has 0 aliphatic carbocycles. The Morgan fingerprint density at radius 1 is 1.10 bits per heavy atom. The molecule has 1 aromatic carbocycles. The summed E-state index contributed by atoms with van der Waals surface area (Å²) in [6, 6.07) is 3.07. The number of nitrogens with one attached hydrogen (secondary N) is 1. The van der Waals surface area contributed by atoms with E-state index in [1.54, 1.807) is 0 Å². The first kappa shape index (κ1) is 14.6. The van der Waals surface area contributed by atoms with Crippen LogP contribution < -0.4 is 4.72 Å². The maximum Gasteiger partial charge on any atom is 0.268 e. The third-order valence-corrected chi connectivity index (χ3v) is 3.83. The molecular formula is C11H6ClF3N2O2S. The van der Waals surface area contributed by atoms with Crippen LogP contribution in [0.1, 0.15) is 0 Å². The van der Waals surface area contributed by atoms with Gasteiger partial charge in [-0.1, -0.05) is 11.6 Å². The van der Waals surface area contributed by atoms with Gasteiger partial charge in [0, 0.05) is 29.4 Å². The summed E-state index contributed by atoms with van der Waals surface area (Å²) in [5, 5.41) is 0.178. The van der Waals surface area contributed by atoms with Crippen molar-refractivity contribution in [2.75, 3.05) is 4.72 Å². The molecule has 0 amide bonds. The van der Waals surface area contributed by atoms with Crippen LogP contribution in [0, 0.1) is 17.5 Å². The number of anilines is 1. The molecular weight excluding hydrogens is 317 g/mol. The maximum atomic E-state index is 13.4. The lowest BCUT2D eigenvalue weighted by molar-refractivity contribution is 0.498. The molecule has 1 aromatic heterocycles. The Bertz CT molecular complexity index is 745. The van der Waals surface area contributed by atoms with Gasteiger partial charge < -0.3 is 0 Å². The summed E-state index contributed by atoms with van der Waals surface area (Å²) < 4.78 is 65.2. The molecule has 0 saturated carbocycles. The second-order valence-corrected chi connectivity index (χ2v) is 5.72. The topological polar surface area (TPSA) is 59.1 Å². The average Bonchev–Trinajstić information content (AvgIpc) is 2.25. The van der Waals surface area contributed by atoms with Crippen LogP contribution in [-0.2, 0) is 10.0 Å². The summed E-state index contributed by atoms with van der Waals surface area (Å²) in [6.07, 6.45) is 1.21. The fourth-order valence-electron chi connectivity index (χ4n) is 1.43. The fourth-order valence-corrected chi connectivity index (χ4v) is 2.71. The number of rotatable bonds is 3. The Kier molecular flexibility index (Phi) is 3.87. The number of hydrogen-bond donors (Lipinski definition) is 1. The first-order valence-corrected chi connectivity index (χ1v) is 6.94. The molecule has 0 fully saturated rings. The number of benzene rings is 1. The molecule has 0 aliphatic heterocycles. The molecule has 20 heavy (non-hydrogen) atoms. The van der Waals surface area contributed by atoms with E-state index in [-0.39, 0.29) is 23.0 Å². The smallest absolute Gasteiger partial charge is 0.263 e. The van der Waals surface area contributed by atoms with Crippen molar-refractivity contribution in [2.24, 2.45) is 0 Å². The quantitative estimate of drug-likeness (QED) is 0.945. The number of pyridine rings is 1. The van der Waals surface area contributed by atoms with Crippen LogP contribution in [0.2, 0.25) is 5.02 Å². The number of aromatic nitrogens is 1. The molecule has 1 N–H and O–H groups in total. The highest BCUT2D eigenvalue weighted by Gasteiger charge is 2.25. The van der Waals surface area contributed by atoms with E-state index in [2.05, 4.69) is 4.98 Å². The van der Waals surface area contributed by atoms with Crippen LogP contribution >= 0.6 is 11.6 Å². The molecule has 0 aliphatic rings. The standard InChI is InChI=1S/C11H6ClF3N2O2S/c12-6-1-2-16-10(3-6)17-20(18,19)11-8(14)4-7(13)5-9(11)15/h1-5H,(H,16,17). The third-order valence-electron chi connectivity index (χ3n) is 2.19. The predicted octanol–water partition coefficient (Wildman–Crippen LogP) is 2.95. The Balaban J connectivity index is 2.46. The van der Waals surface area contributed by atoms with Gasteiger partial charge >= 0.3 is 0 Å². The first-order valence-electron chi connectivity index (χ1n) is 5.08.